The van der Waals surface area contributed by atoms with Gasteiger partial charge >= 0.3 is 0 Å². The van der Waals surface area contributed by atoms with Gasteiger partial charge in [0.15, 0.2) is 0 Å². The molecule has 1 aromatic rings. The summed E-state index contributed by atoms with van der Waals surface area (Å²) >= 11 is 0. The summed E-state index contributed by atoms with van der Waals surface area (Å²) in [6.45, 7) is 7.71. The standard InChI is InChI=1S/C15H24N2O2/c1-5-8-17(9-6-2)15(18)14-11-13(19-4)10-12(7-3)16-14/h10-11H,5-9H2,1-4H3. The topological polar surface area (TPSA) is 42.4 Å². The fourth-order valence-corrected chi connectivity index (χ4v) is 1.99. The summed E-state index contributed by atoms with van der Waals surface area (Å²) in [7, 11) is 1.61. The Morgan fingerprint density at radius 1 is 1.21 bits per heavy atom. The van der Waals surface area contributed by atoms with E-state index in [1.54, 1.807) is 13.2 Å². The minimum atomic E-state index is -0.00250. The molecule has 4 nitrogen and oxygen atoms in total. The van der Waals surface area contributed by atoms with Gasteiger partial charge in [0.1, 0.15) is 11.4 Å². The van der Waals surface area contributed by atoms with Crippen LogP contribution in [-0.2, 0) is 6.42 Å². The lowest BCUT2D eigenvalue weighted by Crippen LogP contribution is -2.33. The van der Waals surface area contributed by atoms with Crippen LogP contribution in [0.5, 0.6) is 5.75 Å². The van der Waals surface area contributed by atoms with Crippen LogP contribution in [0.2, 0.25) is 0 Å². The number of carbonyl (C=O) groups is 1. The van der Waals surface area contributed by atoms with Crippen molar-refractivity contribution in [2.75, 3.05) is 20.2 Å². The monoisotopic (exact) mass is 264 g/mol. The molecule has 0 spiro atoms. The predicted octanol–water partition coefficient (Wildman–Crippen LogP) is 2.91. The minimum absolute atomic E-state index is 0.00250. The number of pyridine rings is 1. The summed E-state index contributed by atoms with van der Waals surface area (Å²) in [5, 5.41) is 0. The van der Waals surface area contributed by atoms with E-state index in [1.165, 1.54) is 0 Å². The highest BCUT2D eigenvalue weighted by molar-refractivity contribution is 5.92. The van der Waals surface area contributed by atoms with Crippen LogP contribution < -0.4 is 4.74 Å². The van der Waals surface area contributed by atoms with Gasteiger partial charge < -0.3 is 9.64 Å². The van der Waals surface area contributed by atoms with Crippen LogP contribution >= 0.6 is 0 Å². The maximum Gasteiger partial charge on any atom is 0.272 e. The third-order valence-corrected chi connectivity index (χ3v) is 2.94. The number of ether oxygens (including phenoxy) is 1. The van der Waals surface area contributed by atoms with Crippen molar-refractivity contribution in [3.8, 4) is 5.75 Å². The van der Waals surface area contributed by atoms with Gasteiger partial charge in [0, 0.05) is 30.9 Å². The average Bonchev–Trinajstić information content (AvgIpc) is 2.45. The Bertz CT molecular complexity index is 390. The molecule has 0 atom stereocenters. The molecular weight excluding hydrogens is 240 g/mol. The molecule has 0 bridgehead atoms. The molecule has 0 unspecified atom stereocenters. The van der Waals surface area contributed by atoms with Crippen molar-refractivity contribution in [3.63, 3.8) is 0 Å². The van der Waals surface area contributed by atoms with E-state index in [4.69, 9.17) is 4.74 Å². The van der Waals surface area contributed by atoms with E-state index in [9.17, 15) is 4.79 Å². The van der Waals surface area contributed by atoms with Gasteiger partial charge in [-0.3, -0.25) is 4.79 Å². The van der Waals surface area contributed by atoms with Gasteiger partial charge in [-0.1, -0.05) is 20.8 Å². The summed E-state index contributed by atoms with van der Waals surface area (Å²) in [4.78, 5) is 18.7. The summed E-state index contributed by atoms with van der Waals surface area (Å²) < 4.78 is 5.24. The molecule has 0 saturated carbocycles. The normalized spacial score (nSPS) is 10.3. The number of aryl methyl sites for hydroxylation is 1. The molecule has 1 aromatic heterocycles. The molecule has 1 rings (SSSR count). The molecule has 0 N–H and O–H groups in total. The average molecular weight is 264 g/mol. The van der Waals surface area contributed by atoms with E-state index in [0.717, 1.165) is 38.0 Å². The first-order chi connectivity index (χ1) is 9.15. The smallest absolute Gasteiger partial charge is 0.272 e. The van der Waals surface area contributed by atoms with E-state index in [0.29, 0.717) is 11.4 Å². The Morgan fingerprint density at radius 2 is 1.84 bits per heavy atom. The summed E-state index contributed by atoms with van der Waals surface area (Å²) in [6, 6.07) is 3.60. The van der Waals surface area contributed by atoms with Gasteiger partial charge in [-0.15, -0.1) is 0 Å². The lowest BCUT2D eigenvalue weighted by molar-refractivity contribution is 0.0749. The Hall–Kier alpha value is -1.58. The van der Waals surface area contributed by atoms with E-state index in [2.05, 4.69) is 18.8 Å². The number of aromatic nitrogens is 1. The molecule has 1 heterocycles. The molecule has 0 fully saturated rings. The van der Waals surface area contributed by atoms with Crippen LogP contribution in [0.4, 0.5) is 0 Å². The Balaban J connectivity index is 3.01. The Labute approximate surface area is 115 Å². The van der Waals surface area contributed by atoms with Crippen molar-refractivity contribution in [2.24, 2.45) is 0 Å². The summed E-state index contributed by atoms with van der Waals surface area (Å²) in [6.07, 6.45) is 2.70. The van der Waals surface area contributed by atoms with Crippen molar-refractivity contribution in [1.82, 2.24) is 9.88 Å². The zero-order chi connectivity index (χ0) is 14.3. The second kappa shape index (κ2) is 7.77. The van der Waals surface area contributed by atoms with Crippen LogP contribution in [-0.4, -0.2) is 36.0 Å². The van der Waals surface area contributed by atoms with Crippen LogP contribution in [0.3, 0.4) is 0 Å². The fourth-order valence-electron chi connectivity index (χ4n) is 1.99. The molecule has 0 aliphatic heterocycles. The molecule has 0 aliphatic rings. The van der Waals surface area contributed by atoms with Gasteiger partial charge in [0.25, 0.3) is 5.91 Å². The van der Waals surface area contributed by atoms with E-state index in [1.807, 2.05) is 17.9 Å². The van der Waals surface area contributed by atoms with Crippen molar-refractivity contribution < 1.29 is 9.53 Å². The third kappa shape index (κ3) is 4.23. The quantitative estimate of drug-likeness (QED) is 0.760. The first-order valence-electron chi connectivity index (χ1n) is 7.00. The Morgan fingerprint density at radius 3 is 2.32 bits per heavy atom. The molecule has 0 saturated heterocycles. The van der Waals surface area contributed by atoms with Crippen LogP contribution in [0.15, 0.2) is 12.1 Å². The number of methoxy groups -OCH3 is 1. The van der Waals surface area contributed by atoms with Gasteiger partial charge in [0.05, 0.1) is 7.11 Å². The molecule has 0 radical (unpaired) electrons. The SMILES string of the molecule is CCCN(CCC)C(=O)c1cc(OC)cc(CC)n1. The van der Waals surface area contributed by atoms with Gasteiger partial charge in [-0.05, 0) is 19.3 Å². The largest absolute Gasteiger partial charge is 0.497 e. The highest BCUT2D eigenvalue weighted by Crippen LogP contribution is 2.16. The van der Waals surface area contributed by atoms with Crippen molar-refractivity contribution in [2.45, 2.75) is 40.0 Å². The molecular formula is C15H24N2O2. The summed E-state index contributed by atoms with van der Waals surface area (Å²) in [5.74, 6) is 0.695. The van der Waals surface area contributed by atoms with Gasteiger partial charge in [0.2, 0.25) is 0 Å². The molecule has 19 heavy (non-hydrogen) atoms. The first kappa shape index (κ1) is 15.5. The molecule has 1 amide bonds. The number of hydrogen-bond donors (Lipinski definition) is 0. The van der Waals surface area contributed by atoms with E-state index >= 15 is 0 Å². The molecule has 4 heteroatoms. The van der Waals surface area contributed by atoms with Gasteiger partial charge in [-0.2, -0.15) is 0 Å². The number of hydrogen-bond acceptors (Lipinski definition) is 3. The van der Waals surface area contributed by atoms with Crippen molar-refractivity contribution in [3.05, 3.63) is 23.5 Å². The minimum Gasteiger partial charge on any atom is -0.497 e. The van der Waals surface area contributed by atoms with Crippen LogP contribution in [0.1, 0.15) is 49.8 Å². The highest BCUT2D eigenvalue weighted by Gasteiger charge is 2.17. The molecule has 0 aliphatic carbocycles. The van der Waals surface area contributed by atoms with E-state index < -0.39 is 0 Å². The number of rotatable bonds is 7. The van der Waals surface area contributed by atoms with Gasteiger partial charge in [-0.25, -0.2) is 4.98 Å². The highest BCUT2D eigenvalue weighted by atomic mass is 16.5. The van der Waals surface area contributed by atoms with E-state index in [-0.39, 0.29) is 5.91 Å². The third-order valence-electron chi connectivity index (χ3n) is 2.94. The Kier molecular flexibility index (Phi) is 6.33. The molecule has 0 aromatic carbocycles. The second-order valence-electron chi connectivity index (χ2n) is 4.53. The lowest BCUT2D eigenvalue weighted by atomic mass is 10.2. The second-order valence-corrected chi connectivity index (χ2v) is 4.53. The van der Waals surface area contributed by atoms with Crippen molar-refractivity contribution >= 4 is 5.91 Å². The lowest BCUT2D eigenvalue weighted by Gasteiger charge is -2.21. The number of carbonyl (C=O) groups excluding carboxylic acids is 1. The number of amides is 1. The maximum absolute atomic E-state index is 12.5. The van der Waals surface area contributed by atoms with Crippen molar-refractivity contribution in [1.29, 1.82) is 0 Å². The molecule has 106 valence electrons. The zero-order valence-corrected chi connectivity index (χ0v) is 12.4. The first-order valence-corrected chi connectivity index (χ1v) is 7.00. The maximum atomic E-state index is 12.5. The number of nitrogens with zero attached hydrogens (tertiary/aromatic N) is 2. The summed E-state index contributed by atoms with van der Waals surface area (Å²) in [5.41, 5.74) is 1.37. The zero-order valence-electron chi connectivity index (χ0n) is 12.4. The van der Waals surface area contributed by atoms with Crippen LogP contribution in [0.25, 0.3) is 0 Å². The predicted molar refractivity (Wildman–Crippen MR) is 76.7 cm³/mol. The van der Waals surface area contributed by atoms with Crippen LogP contribution in [0, 0.1) is 0 Å². The fraction of sp³-hybridized carbons (Fsp3) is 0.600.